The molecule has 17 nitrogen and oxygen atoms in total. The molecule has 0 aliphatic heterocycles. The van der Waals surface area contributed by atoms with Gasteiger partial charge >= 0.3 is 39.5 Å². The van der Waals surface area contributed by atoms with Gasteiger partial charge in [0.1, 0.15) is 19.3 Å². The summed E-state index contributed by atoms with van der Waals surface area (Å²) in [7, 11) is -9.93. The van der Waals surface area contributed by atoms with Crippen molar-refractivity contribution < 1.29 is 80.2 Å². The predicted octanol–water partition coefficient (Wildman–Crippen LogP) is 23.3. The number of unbranched alkanes of at least 4 members (excludes halogenated alkanes) is 48. The Morgan fingerprint density at radius 2 is 0.469 bits per heavy atom. The molecule has 0 spiro atoms. The second-order valence-electron chi connectivity index (χ2n) is 27.7. The van der Waals surface area contributed by atoms with Crippen molar-refractivity contribution in [2.75, 3.05) is 39.6 Å². The standard InChI is InChI=1S/C79H150O17P2/c1-5-9-13-17-21-25-29-33-36-40-43-47-51-55-59-63-76(81)89-69-74(95-78(83)65-61-57-53-49-45-39-32-28-24-20-16-12-8-4)71-93-97(85,86)91-67-73(80)68-92-98(87,88)94-72-75(96-79(84)66-62-58-54-50-46-42-38-35-31-27-23-19-15-11-7-3)70-90-77(82)64-60-56-52-48-44-41-37-34-30-26-22-18-14-10-6-2/h26-27,30-31,73-75,80H,5-25,28-29,32-72H2,1-4H3,(H,85,86)(H,87,88)/b30-26-,31-27-/t73-,74+,75+/m0/s1. The van der Waals surface area contributed by atoms with E-state index in [1.54, 1.807) is 0 Å². The Kier molecular flexibility index (Phi) is 71.0. The molecule has 0 aromatic rings. The fourth-order valence-corrected chi connectivity index (χ4v) is 13.3. The van der Waals surface area contributed by atoms with E-state index in [4.69, 9.17) is 37.0 Å². The van der Waals surface area contributed by atoms with Crippen molar-refractivity contribution in [3.8, 4) is 0 Å². The largest absolute Gasteiger partial charge is 0.472 e. The number of carbonyl (C=O) groups excluding carboxylic acids is 4. The molecule has 0 fully saturated rings. The first kappa shape index (κ1) is 95.5. The molecule has 0 saturated carbocycles. The second kappa shape index (κ2) is 72.9. The maximum atomic E-state index is 13.1. The minimum atomic E-state index is -4.96. The van der Waals surface area contributed by atoms with Crippen molar-refractivity contribution >= 4 is 39.5 Å². The lowest BCUT2D eigenvalue weighted by Crippen LogP contribution is -2.30. The highest BCUT2D eigenvalue weighted by atomic mass is 31.2. The van der Waals surface area contributed by atoms with Crippen LogP contribution < -0.4 is 0 Å². The van der Waals surface area contributed by atoms with Gasteiger partial charge in [-0.25, -0.2) is 9.13 Å². The monoisotopic (exact) mass is 1430 g/mol. The van der Waals surface area contributed by atoms with Gasteiger partial charge in [0.2, 0.25) is 0 Å². The van der Waals surface area contributed by atoms with E-state index in [9.17, 15) is 43.2 Å². The number of phosphoric acid groups is 2. The zero-order valence-electron chi connectivity index (χ0n) is 63.2. The average Bonchev–Trinajstić information content (AvgIpc) is 1.04. The summed E-state index contributed by atoms with van der Waals surface area (Å²) in [5.74, 6) is -2.13. The van der Waals surface area contributed by atoms with Gasteiger partial charge in [-0.1, -0.05) is 322 Å². The van der Waals surface area contributed by atoms with Crippen LogP contribution in [0.4, 0.5) is 0 Å². The van der Waals surface area contributed by atoms with Gasteiger partial charge in [-0.2, -0.15) is 0 Å². The van der Waals surface area contributed by atoms with E-state index in [0.29, 0.717) is 25.7 Å². The number of aliphatic hydroxyl groups is 1. The summed E-state index contributed by atoms with van der Waals surface area (Å²) in [6.45, 7) is 4.95. The summed E-state index contributed by atoms with van der Waals surface area (Å²) in [6.07, 6.45) is 67.1. The minimum Gasteiger partial charge on any atom is -0.462 e. The third-order valence-electron chi connectivity index (χ3n) is 17.9. The van der Waals surface area contributed by atoms with Crippen LogP contribution in [0.2, 0.25) is 0 Å². The molecular weight excluding hydrogens is 1280 g/mol. The number of allylic oxidation sites excluding steroid dienone is 4. The van der Waals surface area contributed by atoms with Crippen LogP contribution in [0.1, 0.15) is 400 Å². The molecule has 578 valence electrons. The number of hydrogen-bond acceptors (Lipinski definition) is 15. The normalized spacial score (nSPS) is 14.0. The highest BCUT2D eigenvalue weighted by molar-refractivity contribution is 7.47. The van der Waals surface area contributed by atoms with Gasteiger partial charge in [-0.3, -0.25) is 37.3 Å². The lowest BCUT2D eigenvalue weighted by molar-refractivity contribution is -0.161. The number of esters is 4. The summed E-state index contributed by atoms with van der Waals surface area (Å²) in [6, 6.07) is 0. The molecule has 2 unspecified atom stereocenters. The van der Waals surface area contributed by atoms with Gasteiger partial charge in [0.25, 0.3) is 0 Å². The fraction of sp³-hybridized carbons (Fsp3) is 0.899. The van der Waals surface area contributed by atoms with Crippen molar-refractivity contribution in [2.45, 2.75) is 418 Å². The Labute approximate surface area is 599 Å². The maximum Gasteiger partial charge on any atom is 0.472 e. The predicted molar refractivity (Wildman–Crippen MR) is 400 cm³/mol. The zero-order chi connectivity index (χ0) is 71.8. The maximum absolute atomic E-state index is 13.1. The molecule has 0 amide bonds. The number of aliphatic hydroxyl groups excluding tert-OH is 1. The van der Waals surface area contributed by atoms with E-state index in [2.05, 4.69) is 52.0 Å². The Morgan fingerprint density at radius 3 is 0.714 bits per heavy atom. The second-order valence-corrected chi connectivity index (χ2v) is 30.6. The van der Waals surface area contributed by atoms with E-state index >= 15 is 0 Å². The molecule has 0 rings (SSSR count). The minimum absolute atomic E-state index is 0.0969. The molecule has 0 aliphatic rings. The summed E-state index contributed by atoms with van der Waals surface area (Å²) < 4.78 is 68.6. The Balaban J connectivity index is 5.29. The molecule has 5 atom stereocenters. The number of carbonyl (C=O) groups is 4. The SMILES string of the molecule is CCCCCC/C=C\CCCCCCCCCC(=O)OC[C@H](COP(=O)(O)OC[C@@H](O)COP(=O)(O)OC[C@@H](COC(=O)CCCCCCCCCCCCCCCCC)OC(=O)CCCCCCCCCCCCCCC)OC(=O)CCCCCCCCC/C=C\CCCCCC. The molecule has 0 aromatic carbocycles. The van der Waals surface area contributed by atoms with E-state index in [1.807, 2.05) is 0 Å². The summed E-state index contributed by atoms with van der Waals surface area (Å²) in [5, 5.41) is 10.6. The van der Waals surface area contributed by atoms with Gasteiger partial charge in [-0.15, -0.1) is 0 Å². The number of phosphoric ester groups is 2. The van der Waals surface area contributed by atoms with Gasteiger partial charge < -0.3 is 33.8 Å². The van der Waals surface area contributed by atoms with Crippen LogP contribution in [0.25, 0.3) is 0 Å². The lowest BCUT2D eigenvalue weighted by atomic mass is 10.0. The third-order valence-corrected chi connectivity index (χ3v) is 19.8. The van der Waals surface area contributed by atoms with Crippen LogP contribution in [0.3, 0.4) is 0 Å². The Bertz CT molecular complexity index is 1950. The van der Waals surface area contributed by atoms with Crippen LogP contribution in [-0.2, 0) is 65.4 Å². The summed E-state index contributed by atoms with van der Waals surface area (Å²) in [4.78, 5) is 73.0. The van der Waals surface area contributed by atoms with Crippen molar-refractivity contribution in [3.63, 3.8) is 0 Å². The smallest absolute Gasteiger partial charge is 0.462 e. The molecule has 0 radical (unpaired) electrons. The van der Waals surface area contributed by atoms with Gasteiger partial charge in [0, 0.05) is 25.7 Å². The highest BCUT2D eigenvalue weighted by Crippen LogP contribution is 2.45. The number of hydrogen-bond donors (Lipinski definition) is 3. The highest BCUT2D eigenvalue weighted by Gasteiger charge is 2.30. The molecule has 0 heterocycles. The molecule has 0 bridgehead atoms. The quantitative estimate of drug-likeness (QED) is 0.0169. The van der Waals surface area contributed by atoms with Gasteiger partial charge in [0.15, 0.2) is 12.2 Å². The molecule has 0 saturated heterocycles. The van der Waals surface area contributed by atoms with E-state index in [0.717, 1.165) is 135 Å². The average molecular weight is 1430 g/mol. The number of rotatable bonds is 78. The zero-order valence-corrected chi connectivity index (χ0v) is 65.0. The molecule has 98 heavy (non-hydrogen) atoms. The van der Waals surface area contributed by atoms with Crippen molar-refractivity contribution in [1.82, 2.24) is 0 Å². The Hall–Kier alpha value is -2.46. The first-order valence-corrected chi connectivity index (χ1v) is 43.6. The molecule has 3 N–H and O–H groups in total. The fourth-order valence-electron chi connectivity index (χ4n) is 11.7. The van der Waals surface area contributed by atoms with Crippen LogP contribution in [-0.4, -0.2) is 96.7 Å². The first-order valence-electron chi connectivity index (χ1n) is 40.6. The summed E-state index contributed by atoms with van der Waals surface area (Å²) in [5.41, 5.74) is 0. The van der Waals surface area contributed by atoms with Crippen LogP contribution in [0.15, 0.2) is 24.3 Å². The topological polar surface area (TPSA) is 237 Å². The van der Waals surface area contributed by atoms with Crippen LogP contribution >= 0.6 is 15.6 Å². The van der Waals surface area contributed by atoms with Crippen molar-refractivity contribution in [1.29, 1.82) is 0 Å². The van der Waals surface area contributed by atoms with Crippen molar-refractivity contribution in [3.05, 3.63) is 24.3 Å². The molecule has 19 heteroatoms. The lowest BCUT2D eigenvalue weighted by Gasteiger charge is -2.21. The molecule has 0 aromatic heterocycles. The van der Waals surface area contributed by atoms with Crippen LogP contribution in [0.5, 0.6) is 0 Å². The van der Waals surface area contributed by atoms with Crippen LogP contribution in [0, 0.1) is 0 Å². The molecular formula is C79H150O17P2. The van der Waals surface area contributed by atoms with Crippen molar-refractivity contribution in [2.24, 2.45) is 0 Å². The number of ether oxygens (including phenoxy) is 4. The van der Waals surface area contributed by atoms with Gasteiger partial charge in [0.05, 0.1) is 26.4 Å². The third kappa shape index (κ3) is 71.9. The van der Waals surface area contributed by atoms with E-state index in [1.165, 1.54) is 186 Å². The first-order chi connectivity index (χ1) is 47.7. The summed E-state index contributed by atoms with van der Waals surface area (Å²) >= 11 is 0. The Morgan fingerprint density at radius 1 is 0.276 bits per heavy atom. The van der Waals surface area contributed by atoms with Gasteiger partial charge in [-0.05, 0) is 77.0 Å². The van der Waals surface area contributed by atoms with E-state index in [-0.39, 0.29) is 25.7 Å². The van der Waals surface area contributed by atoms with E-state index < -0.39 is 97.5 Å². The molecule has 0 aliphatic carbocycles.